The van der Waals surface area contributed by atoms with Crippen LogP contribution < -0.4 is 5.73 Å². The fourth-order valence-corrected chi connectivity index (χ4v) is 4.51. The number of ether oxygens (including phenoxy) is 1. The zero-order valence-corrected chi connectivity index (χ0v) is 13.9. The van der Waals surface area contributed by atoms with Gasteiger partial charge in [-0.3, -0.25) is 0 Å². The average Bonchev–Trinajstić information content (AvgIpc) is 2.78. The van der Waals surface area contributed by atoms with E-state index >= 15 is 0 Å². The Morgan fingerprint density at radius 3 is 2.43 bits per heavy atom. The van der Waals surface area contributed by atoms with Gasteiger partial charge in [0, 0.05) is 0 Å². The van der Waals surface area contributed by atoms with Crippen LogP contribution >= 0.6 is 0 Å². The van der Waals surface area contributed by atoms with Gasteiger partial charge >= 0.3 is 0 Å². The maximum atomic E-state index is 6.31. The zero-order valence-electron chi connectivity index (χ0n) is 13.9. The summed E-state index contributed by atoms with van der Waals surface area (Å²) in [6.07, 6.45) is 4.26. The fraction of sp³-hybridized carbons (Fsp3) is 0.684. The average molecular weight is 287 g/mol. The van der Waals surface area contributed by atoms with E-state index in [2.05, 4.69) is 52.0 Å². The molecule has 2 N–H and O–H groups in total. The second kappa shape index (κ2) is 5.10. The van der Waals surface area contributed by atoms with E-state index in [-0.39, 0.29) is 6.04 Å². The Morgan fingerprint density at radius 1 is 1.24 bits per heavy atom. The van der Waals surface area contributed by atoms with E-state index in [1.54, 1.807) is 0 Å². The summed E-state index contributed by atoms with van der Waals surface area (Å²) in [4.78, 5) is 0. The van der Waals surface area contributed by atoms with Crippen molar-refractivity contribution >= 4 is 0 Å². The predicted octanol–water partition coefficient (Wildman–Crippen LogP) is 4.23. The van der Waals surface area contributed by atoms with Crippen molar-refractivity contribution in [1.29, 1.82) is 0 Å². The van der Waals surface area contributed by atoms with Crippen LogP contribution in [-0.2, 0) is 4.74 Å². The highest BCUT2D eigenvalue weighted by Gasteiger charge is 2.61. The van der Waals surface area contributed by atoms with E-state index in [0.717, 1.165) is 5.92 Å². The van der Waals surface area contributed by atoms with Gasteiger partial charge in [-0.25, -0.2) is 0 Å². The molecule has 0 aliphatic heterocycles. The molecule has 0 aromatic heterocycles. The van der Waals surface area contributed by atoms with E-state index in [1.165, 1.54) is 30.4 Å². The van der Waals surface area contributed by atoms with Crippen molar-refractivity contribution in [1.82, 2.24) is 0 Å². The topological polar surface area (TPSA) is 35.2 Å². The minimum absolute atomic E-state index is 0.0172. The third-order valence-electron chi connectivity index (χ3n) is 6.70. The molecule has 4 atom stereocenters. The number of rotatable bonds is 4. The van der Waals surface area contributed by atoms with Crippen molar-refractivity contribution in [3.05, 3.63) is 35.4 Å². The molecule has 0 heterocycles. The first-order valence-corrected chi connectivity index (χ1v) is 8.28. The standard InChI is InChI=1S/C19H29NO/c1-13-5-7-14(8-6-13)16(20)12-21-17-11-15-9-10-19(17,4)18(15,2)3/h5-8,15-17H,9-12,20H2,1-4H3. The van der Waals surface area contributed by atoms with Crippen LogP contribution in [0.15, 0.2) is 24.3 Å². The lowest BCUT2D eigenvalue weighted by molar-refractivity contribution is -0.0510. The molecule has 21 heavy (non-hydrogen) atoms. The predicted molar refractivity (Wildman–Crippen MR) is 87.1 cm³/mol. The molecule has 2 nitrogen and oxygen atoms in total. The van der Waals surface area contributed by atoms with E-state index in [9.17, 15) is 0 Å². The van der Waals surface area contributed by atoms with Crippen LogP contribution in [0.2, 0.25) is 0 Å². The zero-order chi connectivity index (χ0) is 15.3. The lowest BCUT2D eigenvalue weighted by atomic mass is 9.70. The Hall–Kier alpha value is -0.860. The minimum atomic E-state index is -0.0172. The van der Waals surface area contributed by atoms with Gasteiger partial charge in [0.15, 0.2) is 0 Å². The molecule has 1 aromatic carbocycles. The van der Waals surface area contributed by atoms with E-state index in [0.29, 0.717) is 23.5 Å². The highest BCUT2D eigenvalue weighted by molar-refractivity contribution is 5.24. The summed E-state index contributed by atoms with van der Waals surface area (Å²) in [7, 11) is 0. The molecule has 2 saturated carbocycles. The minimum Gasteiger partial charge on any atom is -0.376 e. The molecular formula is C19H29NO. The van der Waals surface area contributed by atoms with Gasteiger partial charge in [0.1, 0.15) is 0 Å². The maximum absolute atomic E-state index is 6.31. The summed E-state index contributed by atoms with van der Waals surface area (Å²) in [5.74, 6) is 0.822. The molecule has 3 rings (SSSR count). The SMILES string of the molecule is Cc1ccc(C(N)COC2CC3CCC2(C)C3(C)C)cc1. The summed E-state index contributed by atoms with van der Waals surface area (Å²) in [5, 5.41) is 0. The van der Waals surface area contributed by atoms with Gasteiger partial charge < -0.3 is 10.5 Å². The Balaban J connectivity index is 1.63. The smallest absolute Gasteiger partial charge is 0.0663 e. The van der Waals surface area contributed by atoms with Gasteiger partial charge in [-0.2, -0.15) is 0 Å². The van der Waals surface area contributed by atoms with Crippen LogP contribution in [0.4, 0.5) is 0 Å². The number of nitrogens with two attached hydrogens (primary N) is 1. The number of hydrogen-bond donors (Lipinski definition) is 1. The number of aryl methyl sites for hydroxylation is 1. The van der Waals surface area contributed by atoms with Crippen LogP contribution in [0.3, 0.4) is 0 Å². The Labute approximate surface area is 129 Å². The molecule has 0 spiro atoms. The van der Waals surface area contributed by atoms with Crippen molar-refractivity contribution in [2.24, 2.45) is 22.5 Å². The molecule has 2 aliphatic rings. The summed E-state index contributed by atoms with van der Waals surface area (Å²) in [6.45, 7) is 10.0. The van der Waals surface area contributed by atoms with Gasteiger partial charge in [0.25, 0.3) is 0 Å². The third kappa shape index (κ3) is 2.33. The molecule has 0 amide bonds. The van der Waals surface area contributed by atoms with Gasteiger partial charge in [-0.15, -0.1) is 0 Å². The summed E-state index contributed by atoms with van der Waals surface area (Å²) < 4.78 is 6.30. The van der Waals surface area contributed by atoms with Gasteiger partial charge in [0.2, 0.25) is 0 Å². The first-order chi connectivity index (χ1) is 9.84. The summed E-state index contributed by atoms with van der Waals surface area (Å²) >= 11 is 0. The van der Waals surface area contributed by atoms with Crippen LogP contribution in [0.1, 0.15) is 57.2 Å². The maximum Gasteiger partial charge on any atom is 0.0663 e. The largest absolute Gasteiger partial charge is 0.376 e. The highest BCUT2D eigenvalue weighted by Crippen LogP contribution is 2.66. The normalized spacial score (nSPS) is 35.1. The van der Waals surface area contributed by atoms with Gasteiger partial charge in [-0.1, -0.05) is 50.6 Å². The Kier molecular flexibility index (Phi) is 3.66. The van der Waals surface area contributed by atoms with Crippen LogP contribution in [0.25, 0.3) is 0 Å². The second-order valence-corrected chi connectivity index (χ2v) is 7.95. The van der Waals surface area contributed by atoms with E-state index in [4.69, 9.17) is 10.5 Å². The summed E-state index contributed by atoms with van der Waals surface area (Å²) in [5.41, 5.74) is 9.49. The Morgan fingerprint density at radius 2 is 1.90 bits per heavy atom. The number of benzene rings is 1. The third-order valence-corrected chi connectivity index (χ3v) is 6.70. The van der Waals surface area contributed by atoms with E-state index < -0.39 is 0 Å². The van der Waals surface area contributed by atoms with Crippen molar-refractivity contribution in [2.75, 3.05) is 6.61 Å². The molecule has 1 aromatic rings. The number of fused-ring (bicyclic) bond motifs is 2. The lowest BCUT2D eigenvalue weighted by Gasteiger charge is -2.39. The summed E-state index contributed by atoms with van der Waals surface area (Å²) in [6, 6.07) is 8.47. The first kappa shape index (κ1) is 15.1. The molecular weight excluding hydrogens is 258 g/mol. The van der Waals surface area contributed by atoms with Gasteiger partial charge in [0.05, 0.1) is 18.8 Å². The molecule has 4 unspecified atom stereocenters. The monoisotopic (exact) mass is 287 g/mol. The highest BCUT2D eigenvalue weighted by atomic mass is 16.5. The van der Waals surface area contributed by atoms with Crippen LogP contribution in [0.5, 0.6) is 0 Å². The molecule has 2 aliphatic carbocycles. The molecule has 0 radical (unpaired) electrons. The van der Waals surface area contributed by atoms with Crippen molar-refractivity contribution < 1.29 is 4.74 Å². The number of hydrogen-bond acceptors (Lipinski definition) is 2. The molecule has 2 heteroatoms. The first-order valence-electron chi connectivity index (χ1n) is 8.28. The fourth-order valence-electron chi connectivity index (χ4n) is 4.51. The van der Waals surface area contributed by atoms with Crippen molar-refractivity contribution in [3.8, 4) is 0 Å². The van der Waals surface area contributed by atoms with Crippen LogP contribution in [0, 0.1) is 23.7 Å². The van der Waals surface area contributed by atoms with Crippen LogP contribution in [-0.4, -0.2) is 12.7 Å². The molecule has 2 bridgehead atoms. The van der Waals surface area contributed by atoms with Crippen molar-refractivity contribution in [3.63, 3.8) is 0 Å². The van der Waals surface area contributed by atoms with Gasteiger partial charge in [-0.05, 0) is 48.5 Å². The Bertz CT molecular complexity index is 507. The second-order valence-electron chi connectivity index (χ2n) is 7.95. The molecule has 2 fully saturated rings. The quantitative estimate of drug-likeness (QED) is 0.899. The molecule has 0 saturated heterocycles. The van der Waals surface area contributed by atoms with E-state index in [1.807, 2.05) is 0 Å². The lowest BCUT2D eigenvalue weighted by Crippen LogP contribution is -2.38. The van der Waals surface area contributed by atoms with Crippen molar-refractivity contribution in [2.45, 2.75) is 59.1 Å². The molecule has 116 valence electrons.